The van der Waals surface area contributed by atoms with Crippen LogP contribution in [0.1, 0.15) is 28.9 Å². The first-order chi connectivity index (χ1) is 14.6. The Bertz CT molecular complexity index is 888. The predicted molar refractivity (Wildman–Crippen MR) is 117 cm³/mol. The van der Waals surface area contributed by atoms with Gasteiger partial charge in [-0.05, 0) is 16.7 Å². The number of carbonyl (C=O) groups excluding carboxylic acids is 1. The van der Waals surface area contributed by atoms with Crippen LogP contribution in [0.3, 0.4) is 0 Å². The van der Waals surface area contributed by atoms with E-state index in [4.69, 9.17) is 10.5 Å². The molecular weight excluding hydrogens is 376 g/mol. The zero-order valence-electron chi connectivity index (χ0n) is 16.9. The highest BCUT2D eigenvalue weighted by atomic mass is 16.5. The first kappa shape index (κ1) is 21.7. The average Bonchev–Trinajstić information content (AvgIpc) is 2.78. The largest absolute Gasteiger partial charge is 0.387 e. The fourth-order valence-corrected chi connectivity index (χ4v) is 3.37. The summed E-state index contributed by atoms with van der Waals surface area (Å²) in [7, 11) is 0. The number of nitrogens with two attached hydrogens (primary N) is 1. The summed E-state index contributed by atoms with van der Waals surface area (Å²) >= 11 is 0. The molecule has 0 radical (unpaired) electrons. The summed E-state index contributed by atoms with van der Waals surface area (Å²) in [6, 6.07) is 28.9. The molecule has 0 aliphatic heterocycles. The van der Waals surface area contributed by atoms with Crippen molar-refractivity contribution in [3.63, 3.8) is 0 Å². The zero-order chi connectivity index (χ0) is 21.2. The minimum Gasteiger partial charge on any atom is -0.387 e. The fraction of sp³-hybridized carbons (Fsp3) is 0.240. The number of carbonyl (C=O) groups is 1. The molecule has 1 amide bonds. The van der Waals surface area contributed by atoms with Gasteiger partial charge in [0.1, 0.15) is 0 Å². The second kappa shape index (κ2) is 11.3. The Morgan fingerprint density at radius 3 is 1.97 bits per heavy atom. The lowest BCUT2D eigenvalue weighted by Gasteiger charge is -2.26. The average molecular weight is 405 g/mol. The van der Waals surface area contributed by atoms with Gasteiger partial charge < -0.3 is 15.6 Å². The van der Waals surface area contributed by atoms with Crippen LogP contribution in [0.2, 0.25) is 0 Å². The molecule has 0 aliphatic rings. The van der Waals surface area contributed by atoms with Crippen molar-refractivity contribution in [2.24, 2.45) is 5.73 Å². The molecule has 0 saturated carbocycles. The first-order valence-corrected chi connectivity index (χ1v) is 10.1. The maximum absolute atomic E-state index is 11.9. The van der Waals surface area contributed by atoms with Crippen molar-refractivity contribution in [2.75, 3.05) is 19.7 Å². The monoisotopic (exact) mass is 404 g/mol. The third-order valence-corrected chi connectivity index (χ3v) is 4.92. The fourth-order valence-electron chi connectivity index (χ4n) is 3.37. The summed E-state index contributed by atoms with van der Waals surface area (Å²) in [5.41, 5.74) is 8.30. The Kier molecular flexibility index (Phi) is 8.15. The van der Waals surface area contributed by atoms with Crippen LogP contribution in [0.15, 0.2) is 91.0 Å². The van der Waals surface area contributed by atoms with Crippen molar-refractivity contribution in [3.05, 3.63) is 108 Å². The van der Waals surface area contributed by atoms with Gasteiger partial charge in [0, 0.05) is 19.6 Å². The molecule has 0 spiro atoms. The molecular formula is C25H28N2O3. The molecule has 0 aromatic heterocycles. The van der Waals surface area contributed by atoms with Crippen molar-refractivity contribution in [1.82, 2.24) is 4.90 Å². The molecule has 3 aromatic carbocycles. The topological polar surface area (TPSA) is 75.8 Å². The molecule has 30 heavy (non-hydrogen) atoms. The molecule has 0 fully saturated rings. The van der Waals surface area contributed by atoms with Gasteiger partial charge in [-0.25, -0.2) is 0 Å². The summed E-state index contributed by atoms with van der Waals surface area (Å²) < 4.78 is 5.85. The summed E-state index contributed by atoms with van der Waals surface area (Å²) in [6.07, 6.45) is -1.40. The van der Waals surface area contributed by atoms with Gasteiger partial charge in [-0.1, -0.05) is 91.0 Å². The minimum absolute atomic E-state index is 0.316. The Labute approximate surface area is 177 Å². The van der Waals surface area contributed by atoms with Crippen LogP contribution in [0, 0.1) is 0 Å². The van der Waals surface area contributed by atoms with Crippen molar-refractivity contribution in [2.45, 2.75) is 18.8 Å². The number of ether oxygens (including phenoxy) is 1. The molecule has 5 nitrogen and oxygen atoms in total. The minimum atomic E-state index is -0.788. The summed E-state index contributed by atoms with van der Waals surface area (Å²) in [5.74, 6) is -0.514. The lowest BCUT2D eigenvalue weighted by Crippen LogP contribution is -2.33. The Morgan fingerprint density at radius 1 is 0.867 bits per heavy atom. The third kappa shape index (κ3) is 6.52. The highest BCUT2D eigenvalue weighted by Crippen LogP contribution is 2.18. The van der Waals surface area contributed by atoms with E-state index in [1.54, 1.807) is 0 Å². The lowest BCUT2D eigenvalue weighted by atomic mass is 10.1. The van der Waals surface area contributed by atoms with Crippen LogP contribution in [0.4, 0.5) is 0 Å². The van der Waals surface area contributed by atoms with E-state index in [0.717, 1.165) is 16.7 Å². The maximum atomic E-state index is 11.9. The lowest BCUT2D eigenvalue weighted by molar-refractivity contribution is -0.130. The van der Waals surface area contributed by atoms with Crippen LogP contribution >= 0.6 is 0 Å². The van der Waals surface area contributed by atoms with E-state index >= 15 is 0 Å². The van der Waals surface area contributed by atoms with Crippen molar-refractivity contribution < 1.29 is 14.6 Å². The van der Waals surface area contributed by atoms with Crippen LogP contribution < -0.4 is 5.73 Å². The second-order valence-corrected chi connectivity index (χ2v) is 7.21. The Balaban J connectivity index is 1.64. The smallest absolute Gasteiger partial charge is 0.251 e. The molecule has 3 rings (SSSR count). The van der Waals surface area contributed by atoms with Crippen molar-refractivity contribution in [3.8, 4) is 0 Å². The van der Waals surface area contributed by atoms with E-state index in [2.05, 4.69) is 17.0 Å². The summed E-state index contributed by atoms with van der Waals surface area (Å²) in [5, 5.41) is 10.7. The quantitative estimate of drug-likeness (QED) is 0.513. The van der Waals surface area contributed by atoms with Gasteiger partial charge in [-0.3, -0.25) is 9.69 Å². The van der Waals surface area contributed by atoms with Crippen LogP contribution in [0.5, 0.6) is 0 Å². The van der Waals surface area contributed by atoms with Gasteiger partial charge in [-0.2, -0.15) is 0 Å². The summed E-state index contributed by atoms with van der Waals surface area (Å²) in [4.78, 5) is 14.0. The number of hydrogen-bond acceptors (Lipinski definition) is 4. The van der Waals surface area contributed by atoms with Gasteiger partial charge in [0.15, 0.2) is 6.10 Å². The van der Waals surface area contributed by atoms with E-state index in [0.29, 0.717) is 26.2 Å². The molecule has 0 bridgehead atoms. The molecule has 0 saturated heterocycles. The predicted octanol–water partition coefficient (Wildman–Crippen LogP) is 3.47. The SMILES string of the molecule is NC(=O)C(OCCN(Cc1ccccc1)CC(O)c1ccccc1)c1ccccc1. The molecule has 0 heterocycles. The van der Waals surface area contributed by atoms with E-state index in [1.165, 1.54) is 0 Å². The van der Waals surface area contributed by atoms with E-state index < -0.39 is 18.1 Å². The molecule has 2 unspecified atom stereocenters. The number of hydrogen-bond donors (Lipinski definition) is 2. The van der Waals surface area contributed by atoms with Gasteiger partial charge in [0.05, 0.1) is 12.7 Å². The standard InChI is InChI=1S/C25H28N2O3/c26-25(29)24(22-14-8-3-9-15-22)30-17-16-27(18-20-10-4-1-5-11-20)19-23(28)21-12-6-2-7-13-21/h1-15,23-24,28H,16-19H2,(H2,26,29). The van der Waals surface area contributed by atoms with Gasteiger partial charge in [-0.15, -0.1) is 0 Å². The number of aliphatic hydroxyl groups is 1. The van der Waals surface area contributed by atoms with Crippen LogP contribution in [-0.4, -0.2) is 35.6 Å². The van der Waals surface area contributed by atoms with E-state index in [1.807, 2.05) is 78.9 Å². The molecule has 156 valence electrons. The molecule has 3 aromatic rings. The molecule has 5 heteroatoms. The van der Waals surface area contributed by atoms with Gasteiger partial charge in [0.2, 0.25) is 0 Å². The second-order valence-electron chi connectivity index (χ2n) is 7.21. The van der Waals surface area contributed by atoms with Gasteiger partial charge in [0.25, 0.3) is 5.91 Å². The third-order valence-electron chi connectivity index (χ3n) is 4.92. The van der Waals surface area contributed by atoms with Gasteiger partial charge >= 0.3 is 0 Å². The normalized spacial score (nSPS) is 13.1. The molecule has 0 aliphatic carbocycles. The number of aliphatic hydroxyl groups excluding tert-OH is 1. The number of primary amides is 1. The van der Waals surface area contributed by atoms with E-state index in [9.17, 15) is 9.90 Å². The zero-order valence-corrected chi connectivity index (χ0v) is 16.9. The Hall–Kier alpha value is -2.99. The van der Waals surface area contributed by atoms with Crippen LogP contribution in [-0.2, 0) is 16.1 Å². The molecule has 2 atom stereocenters. The number of amides is 1. The highest BCUT2D eigenvalue weighted by Gasteiger charge is 2.19. The number of nitrogens with zero attached hydrogens (tertiary/aromatic N) is 1. The van der Waals surface area contributed by atoms with E-state index in [-0.39, 0.29) is 0 Å². The molecule has 3 N–H and O–H groups in total. The van der Waals surface area contributed by atoms with Crippen molar-refractivity contribution in [1.29, 1.82) is 0 Å². The first-order valence-electron chi connectivity index (χ1n) is 10.1. The number of benzene rings is 3. The maximum Gasteiger partial charge on any atom is 0.251 e. The van der Waals surface area contributed by atoms with Crippen LogP contribution in [0.25, 0.3) is 0 Å². The highest BCUT2D eigenvalue weighted by molar-refractivity contribution is 5.80. The summed E-state index contributed by atoms with van der Waals surface area (Å²) in [6.45, 7) is 1.99. The Morgan fingerprint density at radius 2 is 1.40 bits per heavy atom. The van der Waals surface area contributed by atoms with Crippen molar-refractivity contribution >= 4 is 5.91 Å². The number of rotatable bonds is 11.